The topological polar surface area (TPSA) is 27.0 Å². The summed E-state index contributed by atoms with van der Waals surface area (Å²) in [7, 11) is 0. The number of nitrogens with zero attached hydrogens (tertiary/aromatic N) is 2. The SMILES string of the molecule is N#CC(CN1CCC2CCCCC2C1)c1ccccc1. The first kappa shape index (κ1) is 13.6. The van der Waals surface area contributed by atoms with Gasteiger partial charge in [0, 0.05) is 13.1 Å². The number of likely N-dealkylation sites (tertiary alicyclic amines) is 1. The summed E-state index contributed by atoms with van der Waals surface area (Å²) in [5.74, 6) is 1.89. The molecule has 0 bridgehead atoms. The third kappa shape index (κ3) is 3.04. The van der Waals surface area contributed by atoms with E-state index in [0.717, 1.165) is 18.4 Å². The highest BCUT2D eigenvalue weighted by atomic mass is 15.1. The molecule has 1 aromatic carbocycles. The monoisotopic (exact) mass is 268 g/mol. The maximum atomic E-state index is 9.47. The molecule has 2 aliphatic rings. The molecule has 1 aliphatic heterocycles. The first-order chi connectivity index (χ1) is 9.86. The van der Waals surface area contributed by atoms with Gasteiger partial charge >= 0.3 is 0 Å². The van der Waals surface area contributed by atoms with Crippen LogP contribution in [0, 0.1) is 23.2 Å². The Bertz CT molecular complexity index is 462. The van der Waals surface area contributed by atoms with Crippen LogP contribution in [-0.2, 0) is 0 Å². The van der Waals surface area contributed by atoms with Gasteiger partial charge in [-0.25, -0.2) is 0 Å². The predicted octanol–water partition coefficient (Wildman–Crippen LogP) is 3.81. The quantitative estimate of drug-likeness (QED) is 0.833. The average molecular weight is 268 g/mol. The van der Waals surface area contributed by atoms with Crippen molar-refractivity contribution in [2.75, 3.05) is 19.6 Å². The van der Waals surface area contributed by atoms with Gasteiger partial charge in [0.2, 0.25) is 0 Å². The van der Waals surface area contributed by atoms with E-state index in [-0.39, 0.29) is 5.92 Å². The molecule has 1 saturated heterocycles. The molecule has 0 radical (unpaired) electrons. The van der Waals surface area contributed by atoms with Crippen molar-refractivity contribution in [3.8, 4) is 6.07 Å². The van der Waals surface area contributed by atoms with E-state index in [9.17, 15) is 5.26 Å². The van der Waals surface area contributed by atoms with Crippen LogP contribution in [0.4, 0.5) is 0 Å². The summed E-state index contributed by atoms with van der Waals surface area (Å²) in [4.78, 5) is 2.54. The zero-order chi connectivity index (χ0) is 13.8. The summed E-state index contributed by atoms with van der Waals surface area (Å²) in [6.45, 7) is 3.31. The van der Waals surface area contributed by atoms with Crippen molar-refractivity contribution in [2.24, 2.45) is 11.8 Å². The van der Waals surface area contributed by atoms with Crippen molar-refractivity contribution in [2.45, 2.75) is 38.0 Å². The number of piperidine rings is 1. The Kier molecular flexibility index (Phi) is 4.38. The Balaban J connectivity index is 1.61. The number of benzene rings is 1. The molecule has 3 rings (SSSR count). The van der Waals surface area contributed by atoms with Crippen molar-refractivity contribution >= 4 is 0 Å². The van der Waals surface area contributed by atoms with Crippen LogP contribution in [0.5, 0.6) is 0 Å². The Morgan fingerprint density at radius 2 is 1.85 bits per heavy atom. The summed E-state index contributed by atoms with van der Waals surface area (Å²) in [5.41, 5.74) is 1.17. The first-order valence-corrected chi connectivity index (χ1v) is 8.03. The van der Waals surface area contributed by atoms with Crippen LogP contribution in [0.3, 0.4) is 0 Å². The molecule has 0 amide bonds. The van der Waals surface area contributed by atoms with Crippen LogP contribution in [0.1, 0.15) is 43.6 Å². The molecule has 0 spiro atoms. The van der Waals surface area contributed by atoms with E-state index in [0.29, 0.717) is 0 Å². The minimum atomic E-state index is 0.0244. The molecule has 1 aliphatic carbocycles. The van der Waals surface area contributed by atoms with Gasteiger partial charge in [-0.15, -0.1) is 0 Å². The van der Waals surface area contributed by atoms with Gasteiger partial charge in [0.25, 0.3) is 0 Å². The van der Waals surface area contributed by atoms with E-state index in [1.54, 1.807) is 0 Å². The molecule has 2 fully saturated rings. The fraction of sp³-hybridized carbons (Fsp3) is 0.611. The maximum Gasteiger partial charge on any atom is 0.0839 e. The molecule has 0 aromatic heterocycles. The summed E-state index contributed by atoms with van der Waals surface area (Å²) in [6, 6.07) is 12.8. The predicted molar refractivity (Wildman–Crippen MR) is 81.3 cm³/mol. The lowest BCUT2D eigenvalue weighted by atomic mass is 9.75. The third-order valence-corrected chi connectivity index (χ3v) is 5.17. The molecule has 3 unspecified atom stereocenters. The molecule has 2 nitrogen and oxygen atoms in total. The second kappa shape index (κ2) is 6.41. The zero-order valence-corrected chi connectivity index (χ0v) is 12.2. The fourth-order valence-electron chi connectivity index (χ4n) is 4.01. The van der Waals surface area contributed by atoms with E-state index >= 15 is 0 Å². The molecule has 1 heterocycles. The number of fused-ring (bicyclic) bond motifs is 1. The fourth-order valence-corrected chi connectivity index (χ4v) is 4.01. The van der Waals surface area contributed by atoms with Crippen molar-refractivity contribution in [3.05, 3.63) is 35.9 Å². The molecule has 106 valence electrons. The van der Waals surface area contributed by atoms with E-state index in [4.69, 9.17) is 0 Å². The van der Waals surface area contributed by atoms with Crippen molar-refractivity contribution < 1.29 is 0 Å². The minimum Gasteiger partial charge on any atom is -0.301 e. The highest BCUT2D eigenvalue weighted by Gasteiger charge is 2.31. The van der Waals surface area contributed by atoms with Gasteiger partial charge in [0.1, 0.15) is 0 Å². The molecule has 1 aromatic rings. The minimum absolute atomic E-state index is 0.0244. The largest absolute Gasteiger partial charge is 0.301 e. The average Bonchev–Trinajstić information content (AvgIpc) is 2.53. The lowest BCUT2D eigenvalue weighted by Crippen LogP contribution is -2.43. The molecule has 1 saturated carbocycles. The van der Waals surface area contributed by atoms with Crippen LogP contribution in [0.2, 0.25) is 0 Å². The summed E-state index contributed by atoms with van der Waals surface area (Å²) in [5, 5.41) is 9.47. The van der Waals surface area contributed by atoms with Crippen molar-refractivity contribution in [1.29, 1.82) is 5.26 Å². The van der Waals surface area contributed by atoms with Crippen LogP contribution >= 0.6 is 0 Å². The standard InChI is InChI=1S/C18H24N2/c19-12-18(15-6-2-1-3-7-15)14-20-11-10-16-8-4-5-9-17(16)13-20/h1-3,6-7,16-18H,4-5,8-11,13-14H2. The Morgan fingerprint density at radius 1 is 1.10 bits per heavy atom. The molecular weight excluding hydrogens is 244 g/mol. The van der Waals surface area contributed by atoms with Crippen LogP contribution in [-0.4, -0.2) is 24.5 Å². The van der Waals surface area contributed by atoms with E-state index in [1.165, 1.54) is 50.8 Å². The lowest BCUT2D eigenvalue weighted by molar-refractivity contribution is 0.0856. The van der Waals surface area contributed by atoms with E-state index in [2.05, 4.69) is 23.1 Å². The second-order valence-corrected chi connectivity index (χ2v) is 6.45. The summed E-state index contributed by atoms with van der Waals surface area (Å²) < 4.78 is 0. The van der Waals surface area contributed by atoms with Gasteiger partial charge in [-0.1, -0.05) is 49.6 Å². The third-order valence-electron chi connectivity index (χ3n) is 5.17. The van der Waals surface area contributed by atoms with E-state index in [1.807, 2.05) is 18.2 Å². The molecular formula is C18H24N2. The van der Waals surface area contributed by atoms with Crippen LogP contribution in [0.15, 0.2) is 30.3 Å². The molecule has 3 atom stereocenters. The normalized spacial score (nSPS) is 28.4. The summed E-state index contributed by atoms with van der Waals surface area (Å²) >= 11 is 0. The summed E-state index contributed by atoms with van der Waals surface area (Å²) in [6.07, 6.45) is 7.04. The van der Waals surface area contributed by atoms with Crippen molar-refractivity contribution in [3.63, 3.8) is 0 Å². The highest BCUT2D eigenvalue weighted by Crippen LogP contribution is 2.36. The van der Waals surface area contributed by atoms with Crippen LogP contribution < -0.4 is 0 Å². The molecule has 20 heavy (non-hydrogen) atoms. The first-order valence-electron chi connectivity index (χ1n) is 8.03. The molecule has 2 heteroatoms. The Labute approximate surface area is 122 Å². The van der Waals surface area contributed by atoms with Gasteiger partial charge in [0.05, 0.1) is 12.0 Å². The Hall–Kier alpha value is -1.33. The number of rotatable bonds is 3. The number of hydrogen-bond donors (Lipinski definition) is 0. The van der Waals surface area contributed by atoms with Crippen LogP contribution in [0.25, 0.3) is 0 Å². The molecule has 0 N–H and O–H groups in total. The highest BCUT2D eigenvalue weighted by molar-refractivity contribution is 5.25. The van der Waals surface area contributed by atoms with E-state index < -0.39 is 0 Å². The van der Waals surface area contributed by atoms with Gasteiger partial charge in [-0.05, 0) is 36.8 Å². The van der Waals surface area contributed by atoms with Gasteiger partial charge in [-0.3, -0.25) is 0 Å². The number of nitriles is 1. The number of hydrogen-bond acceptors (Lipinski definition) is 2. The maximum absolute atomic E-state index is 9.47. The zero-order valence-electron chi connectivity index (χ0n) is 12.2. The van der Waals surface area contributed by atoms with Gasteiger partial charge in [-0.2, -0.15) is 5.26 Å². The smallest absolute Gasteiger partial charge is 0.0839 e. The van der Waals surface area contributed by atoms with Gasteiger partial charge in [0.15, 0.2) is 0 Å². The second-order valence-electron chi connectivity index (χ2n) is 6.45. The van der Waals surface area contributed by atoms with Gasteiger partial charge < -0.3 is 4.90 Å². The van der Waals surface area contributed by atoms with Crippen molar-refractivity contribution in [1.82, 2.24) is 4.90 Å². The Morgan fingerprint density at radius 3 is 2.60 bits per heavy atom. The lowest BCUT2D eigenvalue weighted by Gasteiger charge is -2.41.